The number of ether oxygens (including phenoxy) is 1. The Bertz CT molecular complexity index is 1260. The highest BCUT2D eigenvalue weighted by Gasteiger charge is 2.36. The maximum absolute atomic E-state index is 12.9. The minimum absolute atomic E-state index is 0.00291. The Morgan fingerprint density at radius 2 is 1.65 bits per heavy atom. The van der Waals surface area contributed by atoms with Crippen molar-refractivity contribution in [3.8, 4) is 22.4 Å². The van der Waals surface area contributed by atoms with Crippen LogP contribution >= 0.6 is 0 Å². The predicted octanol–water partition coefficient (Wildman–Crippen LogP) is 4.40. The zero-order valence-corrected chi connectivity index (χ0v) is 21.4. The normalized spacial score (nSPS) is 20.5. The second-order valence-corrected chi connectivity index (χ2v) is 10.3. The minimum atomic E-state index is -0.418. The smallest absolute Gasteiger partial charge is 0.224 e. The minimum Gasteiger partial charge on any atom is -0.377 e. The molecular formula is C30H34N4O3. The highest BCUT2D eigenvalue weighted by Crippen LogP contribution is 2.36. The van der Waals surface area contributed by atoms with Gasteiger partial charge in [0.2, 0.25) is 11.8 Å². The highest BCUT2D eigenvalue weighted by molar-refractivity contribution is 5.94. The van der Waals surface area contributed by atoms with Crippen LogP contribution in [-0.2, 0) is 19.9 Å². The number of nitrogens with zero attached hydrogens (tertiary/aromatic N) is 2. The van der Waals surface area contributed by atoms with Crippen LogP contribution in [0.3, 0.4) is 0 Å². The van der Waals surface area contributed by atoms with Crippen molar-refractivity contribution in [1.82, 2.24) is 10.3 Å². The summed E-state index contributed by atoms with van der Waals surface area (Å²) in [6.45, 7) is 4.22. The maximum atomic E-state index is 12.9. The molecule has 2 aliphatic rings. The number of carbonyl (C=O) groups excluding carboxylic acids is 2. The van der Waals surface area contributed by atoms with E-state index in [0.717, 1.165) is 59.3 Å². The highest BCUT2D eigenvalue weighted by atomic mass is 16.5. The molecule has 37 heavy (non-hydrogen) atoms. The number of anilines is 1. The molecule has 2 amide bonds. The Kier molecular flexibility index (Phi) is 7.09. The SMILES string of the molecule is CC(=O)NC1CCC(N(C(C)=O)c2cnc(-c3ccc(C4(N)COC4)cc3)c(-c3ccccc3)c2)CC1. The molecule has 2 aromatic carbocycles. The van der Waals surface area contributed by atoms with Crippen LogP contribution in [0.2, 0.25) is 0 Å². The van der Waals surface area contributed by atoms with Crippen molar-refractivity contribution in [2.45, 2.75) is 57.2 Å². The molecule has 7 nitrogen and oxygen atoms in total. The second-order valence-electron chi connectivity index (χ2n) is 10.3. The van der Waals surface area contributed by atoms with Crippen LogP contribution in [0, 0.1) is 0 Å². The number of nitrogens with two attached hydrogens (primary N) is 1. The van der Waals surface area contributed by atoms with Crippen molar-refractivity contribution in [1.29, 1.82) is 0 Å². The lowest BCUT2D eigenvalue weighted by Gasteiger charge is -2.38. The third-order valence-corrected chi connectivity index (χ3v) is 7.50. The van der Waals surface area contributed by atoms with E-state index in [1.807, 2.05) is 23.1 Å². The summed E-state index contributed by atoms with van der Waals surface area (Å²) in [7, 11) is 0. The Balaban J connectivity index is 1.48. The van der Waals surface area contributed by atoms with E-state index in [1.165, 1.54) is 0 Å². The summed E-state index contributed by atoms with van der Waals surface area (Å²) in [6, 6.07) is 20.7. The zero-order valence-electron chi connectivity index (χ0n) is 21.4. The molecule has 0 unspecified atom stereocenters. The van der Waals surface area contributed by atoms with Gasteiger partial charge in [0.05, 0.1) is 36.3 Å². The van der Waals surface area contributed by atoms with E-state index in [0.29, 0.717) is 13.2 Å². The third-order valence-electron chi connectivity index (χ3n) is 7.50. The first kappa shape index (κ1) is 25.1. The molecule has 3 aromatic rings. The van der Waals surface area contributed by atoms with E-state index in [9.17, 15) is 9.59 Å². The average Bonchev–Trinajstić information content (AvgIpc) is 2.88. The van der Waals surface area contributed by atoms with Crippen molar-refractivity contribution in [3.05, 3.63) is 72.4 Å². The van der Waals surface area contributed by atoms with Crippen molar-refractivity contribution in [2.75, 3.05) is 18.1 Å². The zero-order chi connectivity index (χ0) is 26.0. The van der Waals surface area contributed by atoms with Crippen molar-refractivity contribution >= 4 is 17.5 Å². The van der Waals surface area contributed by atoms with E-state index in [2.05, 4.69) is 47.8 Å². The number of aromatic nitrogens is 1. The van der Waals surface area contributed by atoms with Gasteiger partial charge in [-0.3, -0.25) is 14.6 Å². The predicted molar refractivity (Wildman–Crippen MR) is 145 cm³/mol. The first-order chi connectivity index (χ1) is 17.8. The van der Waals surface area contributed by atoms with Crippen molar-refractivity contribution in [3.63, 3.8) is 0 Å². The van der Waals surface area contributed by atoms with Crippen LogP contribution in [0.4, 0.5) is 5.69 Å². The number of benzene rings is 2. The number of hydrogen-bond acceptors (Lipinski definition) is 5. The second kappa shape index (κ2) is 10.4. The summed E-state index contributed by atoms with van der Waals surface area (Å²) in [5.41, 5.74) is 11.7. The fraction of sp³-hybridized carbons (Fsp3) is 0.367. The van der Waals surface area contributed by atoms with Gasteiger partial charge in [-0.05, 0) is 42.9 Å². The topological polar surface area (TPSA) is 97.6 Å². The molecule has 1 aromatic heterocycles. The molecule has 3 N–H and O–H groups in total. The summed E-state index contributed by atoms with van der Waals surface area (Å²) >= 11 is 0. The summed E-state index contributed by atoms with van der Waals surface area (Å²) in [5.74, 6) is -0.00768. The number of amides is 2. The lowest BCUT2D eigenvalue weighted by molar-refractivity contribution is -0.120. The molecule has 0 spiro atoms. The van der Waals surface area contributed by atoms with Gasteiger partial charge in [-0.1, -0.05) is 54.6 Å². The summed E-state index contributed by atoms with van der Waals surface area (Å²) in [5, 5.41) is 3.02. The van der Waals surface area contributed by atoms with Crippen LogP contribution in [0.15, 0.2) is 66.9 Å². The van der Waals surface area contributed by atoms with Gasteiger partial charge < -0.3 is 20.7 Å². The summed E-state index contributed by atoms with van der Waals surface area (Å²) in [6.07, 6.45) is 5.18. The molecule has 1 aliphatic carbocycles. The largest absolute Gasteiger partial charge is 0.377 e. The summed E-state index contributed by atoms with van der Waals surface area (Å²) in [4.78, 5) is 31.1. The fourth-order valence-electron chi connectivity index (χ4n) is 5.52. The molecular weight excluding hydrogens is 464 g/mol. The molecule has 2 heterocycles. The molecule has 192 valence electrons. The molecule has 5 rings (SSSR count). The van der Waals surface area contributed by atoms with Crippen LogP contribution in [0.5, 0.6) is 0 Å². The lowest BCUT2D eigenvalue weighted by Crippen LogP contribution is -2.54. The van der Waals surface area contributed by atoms with Crippen LogP contribution < -0.4 is 16.0 Å². The molecule has 0 bridgehead atoms. The third kappa shape index (κ3) is 5.29. The molecule has 7 heteroatoms. The number of rotatable bonds is 6. The quantitative estimate of drug-likeness (QED) is 0.525. The van der Waals surface area contributed by atoms with Crippen molar-refractivity contribution < 1.29 is 14.3 Å². The van der Waals surface area contributed by atoms with E-state index in [1.54, 1.807) is 20.0 Å². The molecule has 0 atom stereocenters. The number of pyridine rings is 1. The van der Waals surface area contributed by atoms with E-state index >= 15 is 0 Å². The van der Waals surface area contributed by atoms with Crippen LogP contribution in [-0.4, -0.2) is 42.1 Å². The van der Waals surface area contributed by atoms with Crippen LogP contribution in [0.25, 0.3) is 22.4 Å². The lowest BCUT2D eigenvalue weighted by atomic mass is 9.88. The molecule has 1 aliphatic heterocycles. The van der Waals surface area contributed by atoms with Gasteiger partial charge >= 0.3 is 0 Å². The fourth-order valence-corrected chi connectivity index (χ4v) is 5.52. The number of carbonyl (C=O) groups is 2. The Labute approximate surface area is 218 Å². The molecule has 2 fully saturated rings. The molecule has 1 saturated heterocycles. The van der Waals surface area contributed by atoms with E-state index in [4.69, 9.17) is 15.5 Å². The van der Waals surface area contributed by atoms with Gasteiger partial charge in [-0.25, -0.2) is 0 Å². The van der Waals surface area contributed by atoms with Gasteiger partial charge in [0, 0.05) is 37.1 Å². The molecule has 0 radical (unpaired) electrons. The Morgan fingerprint density at radius 1 is 0.973 bits per heavy atom. The monoisotopic (exact) mass is 498 g/mol. The maximum Gasteiger partial charge on any atom is 0.224 e. The number of hydrogen-bond donors (Lipinski definition) is 2. The Morgan fingerprint density at radius 3 is 2.22 bits per heavy atom. The summed E-state index contributed by atoms with van der Waals surface area (Å²) < 4.78 is 5.32. The average molecular weight is 499 g/mol. The molecule has 1 saturated carbocycles. The van der Waals surface area contributed by atoms with E-state index in [-0.39, 0.29) is 23.9 Å². The van der Waals surface area contributed by atoms with Gasteiger partial charge in [0.25, 0.3) is 0 Å². The van der Waals surface area contributed by atoms with Gasteiger partial charge in [-0.15, -0.1) is 0 Å². The van der Waals surface area contributed by atoms with E-state index < -0.39 is 5.54 Å². The first-order valence-corrected chi connectivity index (χ1v) is 12.9. The Hall–Kier alpha value is -3.55. The van der Waals surface area contributed by atoms with Gasteiger partial charge in [0.15, 0.2) is 0 Å². The van der Waals surface area contributed by atoms with Gasteiger partial charge in [-0.2, -0.15) is 0 Å². The number of nitrogens with one attached hydrogen (secondary N) is 1. The first-order valence-electron chi connectivity index (χ1n) is 12.9. The standard InChI is InChI=1S/C30H34N4O3/c1-20(35)33-25-12-14-26(15-13-25)34(21(2)36)27-16-28(22-6-4-3-5-7-22)29(32-17-27)23-8-10-24(11-9-23)30(31)18-37-19-30/h3-11,16-17,25-26H,12-15,18-19,31H2,1-2H3,(H,33,35). The van der Waals surface area contributed by atoms with Crippen LogP contribution in [0.1, 0.15) is 45.1 Å². The van der Waals surface area contributed by atoms with Gasteiger partial charge in [0.1, 0.15) is 0 Å². The van der Waals surface area contributed by atoms with Crippen molar-refractivity contribution in [2.24, 2.45) is 5.73 Å².